The third-order valence-corrected chi connectivity index (χ3v) is 6.18. The third kappa shape index (κ3) is 10.2. The maximum atomic E-state index is 11.7. The van der Waals surface area contributed by atoms with Gasteiger partial charge in [0.25, 0.3) is 0 Å². The molecule has 0 N–H and O–H groups in total. The predicted molar refractivity (Wildman–Crippen MR) is 123 cm³/mol. The minimum atomic E-state index is -0.210. The lowest BCUT2D eigenvalue weighted by atomic mass is 9.83. The van der Waals surface area contributed by atoms with Gasteiger partial charge in [-0.05, 0) is 70.4 Å². The van der Waals surface area contributed by atoms with Crippen LogP contribution in [0.3, 0.4) is 0 Å². The smallest absolute Gasteiger partial charge is 0.135 e. The summed E-state index contributed by atoms with van der Waals surface area (Å²) in [7, 11) is 0. The van der Waals surface area contributed by atoms with Crippen molar-refractivity contribution in [3.05, 3.63) is 36.0 Å². The Balaban J connectivity index is 4.60. The molecule has 0 heterocycles. The Morgan fingerprint density at radius 2 is 1.18 bits per heavy atom. The second-order valence-electron chi connectivity index (χ2n) is 9.40. The van der Waals surface area contributed by atoms with Gasteiger partial charge in [0.2, 0.25) is 0 Å². The number of allylic oxidation sites excluding steroid dienone is 5. The SMILES string of the molecule is C=C/C(CCCCC(C)(C)C(C)=O)=C(\C=C/C)CCCCCC(C)(C)C(C)=O. The molecule has 0 bridgehead atoms. The van der Waals surface area contributed by atoms with Gasteiger partial charge in [0.15, 0.2) is 0 Å². The van der Waals surface area contributed by atoms with Crippen LogP contribution in [0.25, 0.3) is 0 Å². The Bertz CT molecular complexity index is 573. The zero-order chi connectivity index (χ0) is 21.8. The summed E-state index contributed by atoms with van der Waals surface area (Å²) in [6, 6.07) is 0. The Morgan fingerprint density at radius 1 is 0.750 bits per heavy atom. The van der Waals surface area contributed by atoms with Gasteiger partial charge in [0, 0.05) is 10.8 Å². The highest BCUT2D eigenvalue weighted by Crippen LogP contribution is 2.28. The summed E-state index contributed by atoms with van der Waals surface area (Å²) in [6.45, 7) is 17.7. The van der Waals surface area contributed by atoms with Crippen LogP contribution in [0.1, 0.15) is 106 Å². The van der Waals surface area contributed by atoms with Gasteiger partial charge >= 0.3 is 0 Å². The maximum absolute atomic E-state index is 11.7. The van der Waals surface area contributed by atoms with E-state index in [4.69, 9.17) is 0 Å². The zero-order valence-electron chi connectivity index (χ0n) is 19.6. The fourth-order valence-corrected chi connectivity index (χ4v) is 3.24. The van der Waals surface area contributed by atoms with Crippen molar-refractivity contribution in [2.75, 3.05) is 0 Å². The molecule has 2 nitrogen and oxygen atoms in total. The highest BCUT2D eigenvalue weighted by molar-refractivity contribution is 5.81. The average Bonchev–Trinajstić information content (AvgIpc) is 2.60. The molecule has 0 atom stereocenters. The van der Waals surface area contributed by atoms with Crippen molar-refractivity contribution in [2.45, 2.75) is 106 Å². The van der Waals surface area contributed by atoms with Gasteiger partial charge in [0.1, 0.15) is 11.6 Å². The first-order chi connectivity index (χ1) is 13.0. The van der Waals surface area contributed by atoms with Crippen molar-refractivity contribution < 1.29 is 9.59 Å². The average molecular weight is 389 g/mol. The standard InChI is InChI=1S/C26H44O2/c1-9-16-24(18-12-11-14-19-25(5,6)21(3)27)23(10-2)17-13-15-20-26(7,8)22(4)28/h9-10,16H,2,11-15,17-20H2,1,3-8H3/b16-9-,24-23-. The first-order valence-corrected chi connectivity index (χ1v) is 11.0. The summed E-state index contributed by atoms with van der Waals surface area (Å²) < 4.78 is 0. The summed E-state index contributed by atoms with van der Waals surface area (Å²) in [5, 5.41) is 0. The van der Waals surface area contributed by atoms with Crippen LogP contribution in [0.2, 0.25) is 0 Å². The zero-order valence-corrected chi connectivity index (χ0v) is 19.6. The molecule has 0 unspecified atom stereocenters. The van der Waals surface area contributed by atoms with E-state index >= 15 is 0 Å². The van der Waals surface area contributed by atoms with Crippen molar-refractivity contribution in [3.63, 3.8) is 0 Å². The topological polar surface area (TPSA) is 34.1 Å². The second kappa shape index (κ2) is 12.9. The molecule has 0 radical (unpaired) electrons. The van der Waals surface area contributed by atoms with E-state index in [-0.39, 0.29) is 22.4 Å². The largest absolute Gasteiger partial charge is 0.299 e. The summed E-state index contributed by atoms with van der Waals surface area (Å²) in [5.41, 5.74) is 2.32. The van der Waals surface area contributed by atoms with Crippen LogP contribution in [0.15, 0.2) is 36.0 Å². The van der Waals surface area contributed by atoms with E-state index in [9.17, 15) is 9.59 Å². The van der Waals surface area contributed by atoms with Crippen LogP contribution in [0.4, 0.5) is 0 Å². The third-order valence-electron chi connectivity index (χ3n) is 6.18. The molecule has 0 aromatic carbocycles. The van der Waals surface area contributed by atoms with Gasteiger partial charge in [-0.15, -0.1) is 0 Å². The van der Waals surface area contributed by atoms with E-state index in [2.05, 4.69) is 25.7 Å². The first-order valence-electron chi connectivity index (χ1n) is 11.0. The molecule has 0 amide bonds. The normalized spacial score (nSPS) is 13.5. The van der Waals surface area contributed by atoms with Crippen molar-refractivity contribution in [1.29, 1.82) is 0 Å². The number of hydrogen-bond acceptors (Lipinski definition) is 2. The number of carbonyl (C=O) groups is 2. The maximum Gasteiger partial charge on any atom is 0.135 e. The Labute approximate surface area is 174 Å². The summed E-state index contributed by atoms with van der Waals surface area (Å²) in [4.78, 5) is 23.3. The monoisotopic (exact) mass is 388 g/mol. The minimum Gasteiger partial charge on any atom is -0.299 e. The fraction of sp³-hybridized carbons (Fsp3) is 0.692. The number of rotatable bonds is 15. The molecule has 0 aliphatic heterocycles. The molecule has 0 spiro atoms. The van der Waals surface area contributed by atoms with E-state index < -0.39 is 0 Å². The van der Waals surface area contributed by atoms with Crippen LogP contribution in [0, 0.1) is 10.8 Å². The molecular weight excluding hydrogens is 344 g/mol. The van der Waals surface area contributed by atoms with E-state index in [0.29, 0.717) is 0 Å². The van der Waals surface area contributed by atoms with Crippen molar-refractivity contribution in [2.24, 2.45) is 10.8 Å². The van der Waals surface area contributed by atoms with Crippen LogP contribution in [-0.4, -0.2) is 11.6 Å². The van der Waals surface area contributed by atoms with Crippen LogP contribution in [-0.2, 0) is 9.59 Å². The lowest BCUT2D eigenvalue weighted by Crippen LogP contribution is -2.20. The number of carbonyl (C=O) groups excluding carboxylic acids is 2. The van der Waals surface area contributed by atoms with Crippen molar-refractivity contribution >= 4 is 11.6 Å². The van der Waals surface area contributed by atoms with E-state index in [1.165, 1.54) is 11.1 Å². The molecule has 0 rings (SSSR count). The van der Waals surface area contributed by atoms with Crippen LogP contribution < -0.4 is 0 Å². The molecule has 0 saturated heterocycles. The molecule has 0 fully saturated rings. The quantitative estimate of drug-likeness (QED) is 0.212. The van der Waals surface area contributed by atoms with Gasteiger partial charge in [-0.2, -0.15) is 0 Å². The van der Waals surface area contributed by atoms with E-state index in [1.807, 2.05) is 33.8 Å². The van der Waals surface area contributed by atoms with Gasteiger partial charge in [-0.25, -0.2) is 0 Å². The molecule has 2 heteroatoms. The molecule has 0 aromatic rings. The van der Waals surface area contributed by atoms with Gasteiger partial charge in [-0.1, -0.05) is 71.8 Å². The van der Waals surface area contributed by atoms with Crippen molar-refractivity contribution in [3.8, 4) is 0 Å². The van der Waals surface area contributed by atoms with Gasteiger partial charge in [0.05, 0.1) is 0 Å². The first kappa shape index (κ1) is 26.6. The van der Waals surface area contributed by atoms with E-state index in [0.717, 1.165) is 57.8 Å². The number of Topliss-reactive ketones (excluding diaryl/α,β-unsaturated/α-hetero) is 2. The molecule has 0 aromatic heterocycles. The van der Waals surface area contributed by atoms with Crippen LogP contribution >= 0.6 is 0 Å². The van der Waals surface area contributed by atoms with Gasteiger partial charge in [-0.3, -0.25) is 9.59 Å². The Morgan fingerprint density at radius 3 is 1.61 bits per heavy atom. The molecule has 160 valence electrons. The molecule has 0 aliphatic rings. The number of hydrogen-bond donors (Lipinski definition) is 0. The lowest BCUT2D eigenvalue weighted by Gasteiger charge is -2.21. The highest BCUT2D eigenvalue weighted by atomic mass is 16.1. The second-order valence-corrected chi connectivity index (χ2v) is 9.40. The number of unbranched alkanes of at least 4 members (excludes halogenated alkanes) is 3. The Kier molecular flexibility index (Phi) is 12.2. The predicted octanol–water partition coefficient (Wildman–Crippen LogP) is 7.79. The summed E-state index contributed by atoms with van der Waals surface area (Å²) >= 11 is 0. The van der Waals surface area contributed by atoms with E-state index in [1.54, 1.807) is 13.8 Å². The van der Waals surface area contributed by atoms with Crippen LogP contribution in [0.5, 0.6) is 0 Å². The van der Waals surface area contributed by atoms with Gasteiger partial charge < -0.3 is 0 Å². The Hall–Kier alpha value is -1.44. The molecule has 28 heavy (non-hydrogen) atoms. The van der Waals surface area contributed by atoms with Crippen molar-refractivity contribution in [1.82, 2.24) is 0 Å². The fourth-order valence-electron chi connectivity index (χ4n) is 3.24. The molecule has 0 saturated carbocycles. The summed E-state index contributed by atoms with van der Waals surface area (Å²) in [6.07, 6.45) is 15.9. The minimum absolute atomic E-state index is 0.193. The number of ketones is 2. The summed E-state index contributed by atoms with van der Waals surface area (Å²) in [5.74, 6) is 0.554. The molecule has 0 aliphatic carbocycles. The lowest BCUT2D eigenvalue weighted by molar-refractivity contribution is -0.125. The molecular formula is C26H44O2. The highest BCUT2D eigenvalue weighted by Gasteiger charge is 2.23.